The van der Waals surface area contributed by atoms with Crippen LogP contribution in [0.4, 0.5) is 14.5 Å². The van der Waals surface area contributed by atoms with Crippen molar-refractivity contribution in [1.82, 2.24) is 10.2 Å². The first-order chi connectivity index (χ1) is 13.2. The summed E-state index contributed by atoms with van der Waals surface area (Å²) in [5, 5.41) is 4.90. The molecule has 0 aromatic heterocycles. The molecule has 0 radical (unpaired) electrons. The van der Waals surface area contributed by atoms with Gasteiger partial charge in [-0.25, -0.2) is 8.78 Å². The molecular weight excluding hydrogens is 372 g/mol. The predicted molar refractivity (Wildman–Crippen MR) is 93.3 cm³/mol. The number of amides is 4. The highest BCUT2D eigenvalue weighted by Crippen LogP contribution is 2.56. The van der Waals surface area contributed by atoms with Crippen LogP contribution in [0.5, 0.6) is 0 Å². The average molecular weight is 391 g/mol. The van der Waals surface area contributed by atoms with Crippen molar-refractivity contribution < 1.29 is 28.0 Å². The first-order valence-corrected chi connectivity index (χ1v) is 9.08. The summed E-state index contributed by atoms with van der Waals surface area (Å²) >= 11 is 0. The van der Waals surface area contributed by atoms with E-state index in [1.165, 1.54) is 11.8 Å². The van der Waals surface area contributed by atoms with Gasteiger partial charge in [0.2, 0.25) is 24.1 Å². The summed E-state index contributed by atoms with van der Waals surface area (Å²) in [5.74, 6) is -2.52. The fourth-order valence-electron chi connectivity index (χ4n) is 3.94. The fourth-order valence-corrected chi connectivity index (χ4v) is 3.94. The van der Waals surface area contributed by atoms with Gasteiger partial charge in [0.05, 0.1) is 0 Å². The summed E-state index contributed by atoms with van der Waals surface area (Å²) < 4.78 is 26.1. The minimum atomic E-state index is -2.57. The van der Waals surface area contributed by atoms with Crippen molar-refractivity contribution >= 4 is 29.3 Å². The van der Waals surface area contributed by atoms with Crippen molar-refractivity contribution in [2.24, 2.45) is 11.3 Å². The van der Waals surface area contributed by atoms with Gasteiger partial charge in [0.1, 0.15) is 6.04 Å². The number of fused-ring (bicyclic) bond motifs is 1. The number of piperidine rings is 1. The molecule has 3 aliphatic rings. The van der Waals surface area contributed by atoms with Gasteiger partial charge in [0.25, 0.3) is 5.91 Å². The lowest BCUT2D eigenvalue weighted by molar-refractivity contribution is -0.137. The van der Waals surface area contributed by atoms with Crippen LogP contribution in [-0.2, 0) is 20.9 Å². The van der Waals surface area contributed by atoms with Crippen molar-refractivity contribution in [1.29, 1.82) is 0 Å². The van der Waals surface area contributed by atoms with Crippen LogP contribution in [0.3, 0.4) is 0 Å². The number of rotatable bonds is 4. The second kappa shape index (κ2) is 6.35. The second-order valence-corrected chi connectivity index (χ2v) is 7.78. The summed E-state index contributed by atoms with van der Waals surface area (Å²) in [6, 6.07) is 4.05. The second-order valence-electron chi connectivity index (χ2n) is 7.78. The van der Waals surface area contributed by atoms with E-state index in [4.69, 9.17) is 0 Å². The van der Waals surface area contributed by atoms with E-state index in [-0.39, 0.29) is 37.6 Å². The number of hydrogen-bond donors (Lipinski definition) is 2. The molecule has 2 aliphatic heterocycles. The molecule has 9 heteroatoms. The van der Waals surface area contributed by atoms with E-state index in [1.54, 1.807) is 18.2 Å². The third kappa shape index (κ3) is 2.85. The number of imide groups is 1. The molecule has 2 fully saturated rings. The Morgan fingerprint density at radius 3 is 2.71 bits per heavy atom. The summed E-state index contributed by atoms with van der Waals surface area (Å²) in [7, 11) is 0. The summed E-state index contributed by atoms with van der Waals surface area (Å²) in [6.07, 6.45) is -2.07. The summed E-state index contributed by atoms with van der Waals surface area (Å²) in [6.45, 7) is 1.49. The molecule has 7 nitrogen and oxygen atoms in total. The molecule has 1 aromatic rings. The average Bonchev–Trinajstić information content (AvgIpc) is 3.24. The van der Waals surface area contributed by atoms with E-state index < -0.39 is 35.6 Å². The third-order valence-electron chi connectivity index (χ3n) is 5.93. The number of benzene rings is 1. The molecule has 28 heavy (non-hydrogen) atoms. The fraction of sp³-hybridized carbons (Fsp3) is 0.474. The standard InChI is InChI=1S/C19H19F2N3O4/c1-19(18(20)21)7-11(19)15(26)22-12-4-2-3-9-10(12)8-24(17(9)28)13-5-6-14(25)23-16(13)27/h2-4,11,13,18H,5-8H2,1H3,(H,22,26)(H,23,25,27)/t11-,13?,19-/m0/s1. The van der Waals surface area contributed by atoms with E-state index in [0.29, 0.717) is 16.8 Å². The van der Waals surface area contributed by atoms with Crippen LogP contribution < -0.4 is 10.6 Å². The van der Waals surface area contributed by atoms with Gasteiger partial charge in [-0.15, -0.1) is 0 Å². The number of hydrogen-bond acceptors (Lipinski definition) is 4. The molecule has 148 valence electrons. The zero-order valence-electron chi connectivity index (χ0n) is 15.1. The molecule has 1 aliphatic carbocycles. The number of halogens is 2. The van der Waals surface area contributed by atoms with Gasteiger partial charge >= 0.3 is 0 Å². The van der Waals surface area contributed by atoms with E-state index in [1.807, 2.05) is 0 Å². The smallest absolute Gasteiger partial charge is 0.255 e. The minimum Gasteiger partial charge on any atom is -0.325 e. The topological polar surface area (TPSA) is 95.6 Å². The lowest BCUT2D eigenvalue weighted by atomic mass is 10.0. The Morgan fingerprint density at radius 1 is 1.32 bits per heavy atom. The zero-order chi connectivity index (χ0) is 20.2. The van der Waals surface area contributed by atoms with Crippen LogP contribution in [0.1, 0.15) is 42.1 Å². The molecule has 1 saturated heterocycles. The van der Waals surface area contributed by atoms with Crippen molar-refractivity contribution in [2.45, 2.75) is 45.2 Å². The van der Waals surface area contributed by atoms with E-state index in [0.717, 1.165) is 0 Å². The summed E-state index contributed by atoms with van der Waals surface area (Å²) in [5.41, 5.74) is -0.0228. The Balaban J connectivity index is 1.53. The number of anilines is 1. The van der Waals surface area contributed by atoms with Gasteiger partial charge in [-0.2, -0.15) is 0 Å². The van der Waals surface area contributed by atoms with Crippen LogP contribution in [-0.4, -0.2) is 41.0 Å². The molecule has 4 rings (SSSR count). The highest BCUT2D eigenvalue weighted by atomic mass is 19.3. The van der Waals surface area contributed by atoms with Crippen LogP contribution in [0, 0.1) is 11.3 Å². The molecule has 0 bridgehead atoms. The molecule has 4 amide bonds. The third-order valence-corrected chi connectivity index (χ3v) is 5.93. The minimum absolute atomic E-state index is 0.105. The molecule has 3 atom stereocenters. The van der Waals surface area contributed by atoms with Crippen molar-refractivity contribution in [3.8, 4) is 0 Å². The number of carbonyl (C=O) groups excluding carboxylic acids is 4. The molecule has 0 spiro atoms. The van der Waals surface area contributed by atoms with Gasteiger partial charge in [-0.05, 0) is 25.0 Å². The Kier molecular flexibility index (Phi) is 4.20. The maximum atomic E-state index is 13.1. The quantitative estimate of drug-likeness (QED) is 0.764. The predicted octanol–water partition coefficient (Wildman–Crippen LogP) is 1.68. The Morgan fingerprint density at radius 2 is 2.07 bits per heavy atom. The van der Waals surface area contributed by atoms with Gasteiger partial charge < -0.3 is 10.2 Å². The highest BCUT2D eigenvalue weighted by Gasteiger charge is 2.60. The lowest BCUT2D eigenvalue weighted by Crippen LogP contribution is -2.52. The van der Waals surface area contributed by atoms with E-state index >= 15 is 0 Å². The monoisotopic (exact) mass is 391 g/mol. The van der Waals surface area contributed by atoms with Gasteiger partial charge in [0.15, 0.2) is 0 Å². The molecule has 1 unspecified atom stereocenters. The van der Waals surface area contributed by atoms with Crippen LogP contribution in [0.15, 0.2) is 18.2 Å². The van der Waals surface area contributed by atoms with Crippen molar-refractivity contribution in [3.05, 3.63) is 29.3 Å². The van der Waals surface area contributed by atoms with Crippen molar-refractivity contribution in [2.75, 3.05) is 5.32 Å². The number of carbonyl (C=O) groups is 4. The first-order valence-electron chi connectivity index (χ1n) is 9.08. The van der Waals surface area contributed by atoms with E-state index in [2.05, 4.69) is 10.6 Å². The van der Waals surface area contributed by atoms with Gasteiger partial charge in [-0.3, -0.25) is 24.5 Å². The molecule has 2 heterocycles. The molecule has 1 aromatic carbocycles. The largest absolute Gasteiger partial charge is 0.325 e. The first kappa shape index (κ1) is 18.5. The number of nitrogens with one attached hydrogen (secondary N) is 2. The maximum absolute atomic E-state index is 13.1. The molecule has 1 saturated carbocycles. The molecule has 2 N–H and O–H groups in total. The van der Waals surface area contributed by atoms with Crippen molar-refractivity contribution in [3.63, 3.8) is 0 Å². The Hall–Kier alpha value is -2.84. The number of nitrogens with zero attached hydrogens (tertiary/aromatic N) is 1. The Bertz CT molecular complexity index is 903. The van der Waals surface area contributed by atoms with Gasteiger partial charge in [0, 0.05) is 41.1 Å². The SMILES string of the molecule is C[C@]1(C(F)F)C[C@H]1C(=O)Nc1cccc2c1CN(C1CCC(=O)NC1=O)C2=O. The lowest BCUT2D eigenvalue weighted by Gasteiger charge is -2.29. The van der Waals surface area contributed by atoms with Crippen LogP contribution >= 0.6 is 0 Å². The number of alkyl halides is 2. The Labute approximate surface area is 159 Å². The molecular formula is C19H19F2N3O4. The van der Waals surface area contributed by atoms with Gasteiger partial charge in [-0.1, -0.05) is 13.0 Å². The maximum Gasteiger partial charge on any atom is 0.255 e. The normalized spacial score (nSPS) is 29.0. The van der Waals surface area contributed by atoms with E-state index in [9.17, 15) is 28.0 Å². The zero-order valence-corrected chi connectivity index (χ0v) is 15.1. The van der Waals surface area contributed by atoms with Crippen LogP contribution in [0.25, 0.3) is 0 Å². The summed E-state index contributed by atoms with van der Waals surface area (Å²) in [4.78, 5) is 50.0. The highest BCUT2D eigenvalue weighted by molar-refractivity contribution is 6.07. The van der Waals surface area contributed by atoms with Crippen LogP contribution in [0.2, 0.25) is 0 Å².